The lowest BCUT2D eigenvalue weighted by atomic mass is 9.87. The first kappa shape index (κ1) is 20.8. The smallest absolute Gasteiger partial charge is 0.210 e. The monoisotopic (exact) mass is 435 g/mol. The van der Waals surface area contributed by atoms with Crippen molar-refractivity contribution in [3.05, 3.63) is 113 Å². The summed E-state index contributed by atoms with van der Waals surface area (Å²) in [6.07, 6.45) is 3.48. The molecule has 1 heterocycles. The molecule has 5 rings (SSSR count). The van der Waals surface area contributed by atoms with Crippen LogP contribution in [0.5, 0.6) is 0 Å². The van der Waals surface area contributed by atoms with Crippen molar-refractivity contribution in [3.8, 4) is 0 Å². The van der Waals surface area contributed by atoms with Crippen LogP contribution < -0.4 is 15.5 Å². The van der Waals surface area contributed by atoms with Crippen LogP contribution in [0.1, 0.15) is 26.3 Å². The normalized spacial score (nSPS) is 16.5. The third-order valence-corrected chi connectivity index (χ3v) is 6.30. The zero-order valence-corrected chi connectivity index (χ0v) is 18.3. The summed E-state index contributed by atoms with van der Waals surface area (Å²) in [6, 6.07) is 25.5. The number of ketones is 2. The number of para-hydroxylation sites is 1. The lowest BCUT2D eigenvalue weighted by Crippen LogP contribution is -2.46. The van der Waals surface area contributed by atoms with Crippen LogP contribution in [0, 0.1) is 0 Å². The van der Waals surface area contributed by atoms with E-state index in [-0.39, 0.29) is 22.8 Å². The number of piperazine rings is 1. The number of hydrogen-bond donors (Lipinski definition) is 1. The number of rotatable bonds is 4. The first-order chi connectivity index (χ1) is 16.1. The molecule has 33 heavy (non-hydrogen) atoms. The fraction of sp³-hybridized carbons (Fsp3) is 0.143. The summed E-state index contributed by atoms with van der Waals surface area (Å²) in [6.45, 7) is 3.89. The van der Waals surface area contributed by atoms with E-state index in [1.807, 2.05) is 24.3 Å². The molecule has 5 nitrogen and oxygen atoms in total. The zero-order chi connectivity index (χ0) is 22.8. The molecule has 1 aliphatic heterocycles. The number of Topliss-reactive ketones (excluding diaryl/α,β-unsaturated/α-hetero) is 2. The topological polar surface area (TPSA) is 66.6 Å². The molecule has 0 radical (unpaired) electrons. The maximum absolute atomic E-state index is 12.8. The first-order valence-corrected chi connectivity index (χ1v) is 11.1. The minimum Gasteiger partial charge on any atom is -0.395 e. The van der Waals surface area contributed by atoms with E-state index in [0.29, 0.717) is 11.1 Å². The minimum atomic E-state index is -0.296. The number of hydrogen-bond acceptors (Lipinski definition) is 5. The zero-order valence-electron chi connectivity index (χ0n) is 18.3. The Hall–Kier alpha value is -4.12. The van der Waals surface area contributed by atoms with E-state index in [1.54, 1.807) is 30.3 Å². The molecule has 0 atom stereocenters. The number of allylic oxidation sites excluding steroid dienone is 3. The molecule has 1 aliphatic carbocycles. The Morgan fingerprint density at radius 1 is 0.606 bits per heavy atom. The third-order valence-electron chi connectivity index (χ3n) is 6.30. The summed E-state index contributed by atoms with van der Waals surface area (Å²) >= 11 is 0. The Morgan fingerprint density at radius 2 is 1.12 bits per heavy atom. The third kappa shape index (κ3) is 4.05. The van der Waals surface area contributed by atoms with Crippen LogP contribution in [0.4, 0.5) is 11.4 Å². The van der Waals surface area contributed by atoms with Gasteiger partial charge in [-0.25, -0.2) is 0 Å². The molecule has 3 aromatic carbocycles. The largest absolute Gasteiger partial charge is 0.395 e. The van der Waals surface area contributed by atoms with Gasteiger partial charge in [-0.1, -0.05) is 60.7 Å². The second kappa shape index (κ2) is 8.79. The standard InChI is InChI=1S/C28H25N3O2/c29-26-25(27(32)23-8-4-5-9-24(23)28(26)33)15-12-20-10-13-22(14-11-20)31-18-16-30(17-19-31)21-6-2-1-3-7-21/h1-15H,16-19,29H2. The summed E-state index contributed by atoms with van der Waals surface area (Å²) in [5.74, 6) is -0.512. The SMILES string of the molecule is NC1=C(C=Cc2ccc(N3CCN(c4ccccc4)CC3)cc2)C(=O)c2ccccc2C1=O. The van der Waals surface area contributed by atoms with Crippen molar-refractivity contribution in [2.24, 2.45) is 5.73 Å². The summed E-state index contributed by atoms with van der Waals surface area (Å²) in [7, 11) is 0. The predicted octanol–water partition coefficient (Wildman–Crippen LogP) is 4.32. The van der Waals surface area contributed by atoms with Crippen molar-refractivity contribution in [1.82, 2.24) is 0 Å². The quantitative estimate of drug-likeness (QED) is 0.661. The van der Waals surface area contributed by atoms with Crippen molar-refractivity contribution in [2.45, 2.75) is 0 Å². The number of nitrogens with two attached hydrogens (primary N) is 1. The molecule has 0 unspecified atom stereocenters. The van der Waals surface area contributed by atoms with Crippen molar-refractivity contribution in [2.75, 3.05) is 36.0 Å². The van der Waals surface area contributed by atoms with Gasteiger partial charge < -0.3 is 15.5 Å². The fourth-order valence-corrected chi connectivity index (χ4v) is 4.42. The lowest BCUT2D eigenvalue weighted by molar-refractivity contribution is 0.0976. The molecule has 2 N–H and O–H groups in total. The predicted molar refractivity (Wildman–Crippen MR) is 133 cm³/mol. The molecule has 164 valence electrons. The average molecular weight is 436 g/mol. The van der Waals surface area contributed by atoms with E-state index in [0.717, 1.165) is 31.7 Å². The van der Waals surface area contributed by atoms with Gasteiger partial charge in [-0.05, 0) is 35.9 Å². The minimum absolute atomic E-state index is 0.00265. The first-order valence-electron chi connectivity index (χ1n) is 11.1. The van der Waals surface area contributed by atoms with Gasteiger partial charge in [0.2, 0.25) is 5.78 Å². The van der Waals surface area contributed by atoms with Crippen molar-refractivity contribution in [1.29, 1.82) is 0 Å². The highest BCUT2D eigenvalue weighted by atomic mass is 16.1. The van der Waals surface area contributed by atoms with Gasteiger partial charge in [0.1, 0.15) is 0 Å². The molecule has 1 fully saturated rings. The molecule has 0 saturated carbocycles. The van der Waals surface area contributed by atoms with Gasteiger partial charge in [-0.2, -0.15) is 0 Å². The van der Waals surface area contributed by atoms with Gasteiger partial charge in [0.05, 0.1) is 5.70 Å². The molecule has 0 spiro atoms. The number of nitrogens with zero attached hydrogens (tertiary/aromatic N) is 2. The Morgan fingerprint density at radius 3 is 1.73 bits per heavy atom. The summed E-state index contributed by atoms with van der Waals surface area (Å²) < 4.78 is 0. The van der Waals surface area contributed by atoms with E-state index in [4.69, 9.17) is 5.73 Å². The molecule has 0 aromatic heterocycles. The van der Waals surface area contributed by atoms with Crippen LogP contribution >= 0.6 is 0 Å². The van der Waals surface area contributed by atoms with Crippen molar-refractivity contribution in [3.63, 3.8) is 0 Å². The number of anilines is 2. The lowest BCUT2D eigenvalue weighted by Gasteiger charge is -2.37. The molecular weight excluding hydrogens is 410 g/mol. The Kier molecular flexibility index (Phi) is 5.53. The second-order valence-electron chi connectivity index (χ2n) is 8.27. The van der Waals surface area contributed by atoms with Crippen molar-refractivity contribution >= 4 is 29.0 Å². The van der Waals surface area contributed by atoms with Crippen LogP contribution in [0.15, 0.2) is 96.2 Å². The van der Waals surface area contributed by atoms with Crippen LogP contribution in [0.3, 0.4) is 0 Å². The summed E-state index contributed by atoms with van der Waals surface area (Å²) in [4.78, 5) is 30.2. The maximum atomic E-state index is 12.8. The van der Waals surface area contributed by atoms with Gasteiger partial charge >= 0.3 is 0 Å². The van der Waals surface area contributed by atoms with E-state index in [1.165, 1.54) is 11.4 Å². The number of benzene rings is 3. The highest BCUT2D eigenvalue weighted by molar-refractivity contribution is 6.27. The van der Waals surface area contributed by atoms with Gasteiger partial charge in [-0.3, -0.25) is 9.59 Å². The van der Waals surface area contributed by atoms with E-state index in [9.17, 15) is 9.59 Å². The maximum Gasteiger partial charge on any atom is 0.210 e. The molecular formula is C28H25N3O2. The molecule has 5 heteroatoms. The van der Waals surface area contributed by atoms with E-state index in [2.05, 4.69) is 46.2 Å². The Balaban J connectivity index is 1.27. The molecule has 2 aliphatic rings. The highest BCUT2D eigenvalue weighted by Gasteiger charge is 2.28. The average Bonchev–Trinajstić information content (AvgIpc) is 2.88. The van der Waals surface area contributed by atoms with E-state index >= 15 is 0 Å². The van der Waals surface area contributed by atoms with Gasteiger partial charge in [0, 0.05) is 54.3 Å². The summed E-state index contributed by atoms with van der Waals surface area (Å²) in [5, 5.41) is 0. The Bertz CT molecular complexity index is 1250. The molecule has 1 saturated heterocycles. The van der Waals surface area contributed by atoms with Crippen LogP contribution in [-0.4, -0.2) is 37.7 Å². The summed E-state index contributed by atoms with van der Waals surface area (Å²) in [5.41, 5.74) is 10.4. The van der Waals surface area contributed by atoms with Crippen LogP contribution in [-0.2, 0) is 0 Å². The Labute approximate surface area is 193 Å². The second-order valence-corrected chi connectivity index (χ2v) is 8.27. The van der Waals surface area contributed by atoms with Crippen LogP contribution in [0.2, 0.25) is 0 Å². The molecule has 0 bridgehead atoms. The van der Waals surface area contributed by atoms with E-state index < -0.39 is 0 Å². The van der Waals surface area contributed by atoms with Gasteiger partial charge in [0.25, 0.3) is 0 Å². The van der Waals surface area contributed by atoms with Crippen LogP contribution in [0.25, 0.3) is 6.08 Å². The number of fused-ring (bicyclic) bond motifs is 1. The molecule has 3 aromatic rings. The number of carbonyl (C=O) groups excluding carboxylic acids is 2. The van der Waals surface area contributed by atoms with Gasteiger partial charge in [0.15, 0.2) is 5.78 Å². The number of carbonyl (C=O) groups is 2. The van der Waals surface area contributed by atoms with Crippen molar-refractivity contribution < 1.29 is 9.59 Å². The molecule has 0 amide bonds. The highest BCUT2D eigenvalue weighted by Crippen LogP contribution is 2.26. The van der Waals surface area contributed by atoms with Gasteiger partial charge in [-0.15, -0.1) is 0 Å². The fourth-order valence-electron chi connectivity index (χ4n) is 4.42.